The summed E-state index contributed by atoms with van der Waals surface area (Å²) in [5, 5.41) is 4.00. The van der Waals surface area contributed by atoms with E-state index in [0.717, 1.165) is 23.0 Å². The Morgan fingerprint density at radius 2 is 2.29 bits per heavy atom. The Hall–Kier alpha value is -2.82. The van der Waals surface area contributed by atoms with Crippen molar-refractivity contribution in [2.45, 2.75) is 6.42 Å². The molecule has 0 aliphatic carbocycles. The maximum absolute atomic E-state index is 12.4. The third-order valence-corrected chi connectivity index (χ3v) is 3.81. The predicted octanol–water partition coefficient (Wildman–Crippen LogP) is 3.16. The van der Waals surface area contributed by atoms with E-state index in [2.05, 4.69) is 27.4 Å². The Kier molecular flexibility index (Phi) is 2.64. The standard InChI is InChI=1S/C16H14N4O/c21-16(19-13-2-1-5-17-10-13)20-7-4-12-8-14-11(3-6-18-14)9-15(12)20/h1-3,5-6,8-10,18H,4,7H2,(H,19,21). The zero-order valence-electron chi connectivity index (χ0n) is 11.3. The topological polar surface area (TPSA) is 61.0 Å². The molecule has 1 aromatic carbocycles. The maximum Gasteiger partial charge on any atom is 0.326 e. The number of nitrogens with one attached hydrogen (secondary N) is 2. The zero-order valence-corrected chi connectivity index (χ0v) is 11.3. The minimum atomic E-state index is -0.114. The first-order chi connectivity index (χ1) is 10.3. The molecule has 2 aromatic heterocycles. The van der Waals surface area contributed by atoms with Gasteiger partial charge in [0.2, 0.25) is 0 Å². The van der Waals surface area contributed by atoms with Crippen LogP contribution in [0, 0.1) is 0 Å². The lowest BCUT2D eigenvalue weighted by Crippen LogP contribution is -2.33. The molecule has 3 heterocycles. The number of H-pyrrole nitrogens is 1. The average Bonchev–Trinajstić information content (AvgIpc) is 3.11. The van der Waals surface area contributed by atoms with Crippen molar-refractivity contribution in [3.05, 3.63) is 54.5 Å². The van der Waals surface area contributed by atoms with E-state index >= 15 is 0 Å². The van der Waals surface area contributed by atoms with Crippen LogP contribution in [0.2, 0.25) is 0 Å². The summed E-state index contributed by atoms with van der Waals surface area (Å²) in [5.74, 6) is 0. The first-order valence-corrected chi connectivity index (χ1v) is 6.90. The first-order valence-electron chi connectivity index (χ1n) is 6.90. The summed E-state index contributed by atoms with van der Waals surface area (Å²) in [4.78, 5) is 21.4. The molecule has 2 amide bonds. The van der Waals surface area contributed by atoms with Gasteiger partial charge in [-0.3, -0.25) is 9.88 Å². The van der Waals surface area contributed by atoms with Gasteiger partial charge in [0.25, 0.3) is 0 Å². The highest BCUT2D eigenvalue weighted by atomic mass is 16.2. The van der Waals surface area contributed by atoms with E-state index in [-0.39, 0.29) is 6.03 Å². The number of fused-ring (bicyclic) bond motifs is 2. The zero-order chi connectivity index (χ0) is 14.2. The van der Waals surface area contributed by atoms with Crippen molar-refractivity contribution in [2.24, 2.45) is 0 Å². The molecule has 5 heteroatoms. The number of anilines is 2. The van der Waals surface area contributed by atoms with Crippen LogP contribution in [0.4, 0.5) is 16.2 Å². The van der Waals surface area contributed by atoms with Crippen molar-refractivity contribution >= 4 is 28.3 Å². The molecular formula is C16H14N4O. The monoisotopic (exact) mass is 278 g/mol. The second kappa shape index (κ2) is 4.63. The number of hydrogen-bond donors (Lipinski definition) is 2. The van der Waals surface area contributed by atoms with Crippen molar-refractivity contribution in [3.8, 4) is 0 Å². The van der Waals surface area contributed by atoms with Crippen LogP contribution in [-0.4, -0.2) is 22.5 Å². The number of pyridine rings is 1. The van der Waals surface area contributed by atoms with Crippen LogP contribution < -0.4 is 10.2 Å². The van der Waals surface area contributed by atoms with E-state index in [9.17, 15) is 4.79 Å². The van der Waals surface area contributed by atoms with Gasteiger partial charge in [0.05, 0.1) is 11.9 Å². The van der Waals surface area contributed by atoms with E-state index in [4.69, 9.17) is 0 Å². The summed E-state index contributed by atoms with van der Waals surface area (Å²) in [6.07, 6.45) is 6.12. The van der Waals surface area contributed by atoms with E-state index in [0.29, 0.717) is 12.2 Å². The van der Waals surface area contributed by atoms with Crippen LogP contribution in [0.25, 0.3) is 10.9 Å². The van der Waals surface area contributed by atoms with Crippen molar-refractivity contribution in [1.82, 2.24) is 9.97 Å². The highest BCUT2D eigenvalue weighted by Gasteiger charge is 2.25. The van der Waals surface area contributed by atoms with Gasteiger partial charge in [0.15, 0.2) is 0 Å². The van der Waals surface area contributed by atoms with Gasteiger partial charge < -0.3 is 10.3 Å². The summed E-state index contributed by atoms with van der Waals surface area (Å²) in [6.45, 7) is 0.702. The number of nitrogens with zero attached hydrogens (tertiary/aromatic N) is 2. The van der Waals surface area contributed by atoms with Gasteiger partial charge in [-0.2, -0.15) is 0 Å². The second-order valence-electron chi connectivity index (χ2n) is 5.12. The fraction of sp³-hybridized carbons (Fsp3) is 0.125. The number of aromatic nitrogens is 2. The average molecular weight is 278 g/mol. The van der Waals surface area contributed by atoms with Crippen LogP contribution >= 0.6 is 0 Å². The lowest BCUT2D eigenvalue weighted by Gasteiger charge is -2.18. The second-order valence-corrected chi connectivity index (χ2v) is 5.12. The lowest BCUT2D eigenvalue weighted by atomic mass is 10.1. The number of urea groups is 1. The number of benzene rings is 1. The van der Waals surface area contributed by atoms with Crippen molar-refractivity contribution in [1.29, 1.82) is 0 Å². The Bertz CT molecular complexity index is 810. The van der Waals surface area contributed by atoms with Gasteiger partial charge in [0.1, 0.15) is 0 Å². The van der Waals surface area contributed by atoms with E-state index in [1.54, 1.807) is 23.4 Å². The third-order valence-electron chi connectivity index (χ3n) is 3.81. The SMILES string of the molecule is O=C(Nc1cccnc1)N1CCc2cc3[nH]ccc3cc21. The first kappa shape index (κ1) is 12.0. The molecule has 2 N–H and O–H groups in total. The minimum absolute atomic E-state index is 0.114. The number of rotatable bonds is 1. The maximum atomic E-state index is 12.4. The summed E-state index contributed by atoms with van der Waals surface area (Å²) >= 11 is 0. The molecule has 4 rings (SSSR count). The van der Waals surface area contributed by atoms with Crippen LogP contribution in [0.1, 0.15) is 5.56 Å². The molecule has 1 aliphatic heterocycles. The smallest absolute Gasteiger partial charge is 0.326 e. The number of hydrogen-bond acceptors (Lipinski definition) is 2. The Morgan fingerprint density at radius 3 is 3.14 bits per heavy atom. The molecule has 3 aromatic rings. The number of carbonyl (C=O) groups excluding carboxylic acids is 1. The summed E-state index contributed by atoms with van der Waals surface area (Å²) in [6, 6.07) is 9.73. The summed E-state index contributed by atoms with van der Waals surface area (Å²) < 4.78 is 0. The van der Waals surface area contributed by atoms with Gasteiger partial charge >= 0.3 is 6.03 Å². The van der Waals surface area contributed by atoms with Gasteiger partial charge in [-0.15, -0.1) is 0 Å². The van der Waals surface area contributed by atoms with Crippen molar-refractivity contribution in [3.63, 3.8) is 0 Å². The van der Waals surface area contributed by atoms with Gasteiger partial charge in [-0.05, 0) is 42.3 Å². The number of amides is 2. The van der Waals surface area contributed by atoms with Crippen LogP contribution in [0.3, 0.4) is 0 Å². The Morgan fingerprint density at radius 1 is 1.33 bits per heavy atom. The quantitative estimate of drug-likeness (QED) is 0.718. The Balaban J connectivity index is 1.65. The van der Waals surface area contributed by atoms with E-state index in [1.807, 2.05) is 18.3 Å². The number of carbonyl (C=O) groups is 1. The third kappa shape index (κ3) is 2.03. The van der Waals surface area contributed by atoms with Gasteiger partial charge in [0, 0.05) is 35.5 Å². The molecule has 0 bridgehead atoms. The molecule has 0 fully saturated rings. The molecule has 0 spiro atoms. The largest absolute Gasteiger partial charge is 0.361 e. The molecule has 0 saturated carbocycles. The fourth-order valence-corrected chi connectivity index (χ4v) is 2.78. The van der Waals surface area contributed by atoms with Crippen molar-refractivity contribution < 1.29 is 4.79 Å². The molecule has 21 heavy (non-hydrogen) atoms. The minimum Gasteiger partial charge on any atom is -0.361 e. The fourth-order valence-electron chi connectivity index (χ4n) is 2.78. The van der Waals surface area contributed by atoms with E-state index < -0.39 is 0 Å². The highest BCUT2D eigenvalue weighted by Crippen LogP contribution is 2.32. The number of aromatic amines is 1. The van der Waals surface area contributed by atoms with E-state index in [1.165, 1.54) is 5.56 Å². The molecule has 104 valence electrons. The highest BCUT2D eigenvalue weighted by molar-refractivity contribution is 6.04. The normalized spacial score (nSPS) is 13.4. The van der Waals surface area contributed by atoms with Crippen LogP contribution in [-0.2, 0) is 6.42 Å². The molecule has 0 unspecified atom stereocenters. The Labute approximate surface area is 121 Å². The molecule has 0 atom stereocenters. The van der Waals surface area contributed by atoms with Gasteiger partial charge in [-0.25, -0.2) is 4.79 Å². The molecule has 0 radical (unpaired) electrons. The molecular weight excluding hydrogens is 264 g/mol. The van der Waals surface area contributed by atoms with Crippen LogP contribution in [0.15, 0.2) is 48.9 Å². The van der Waals surface area contributed by atoms with Crippen LogP contribution in [0.5, 0.6) is 0 Å². The summed E-state index contributed by atoms with van der Waals surface area (Å²) in [5.41, 5.74) is 4.01. The van der Waals surface area contributed by atoms with Crippen molar-refractivity contribution in [2.75, 3.05) is 16.8 Å². The molecule has 1 aliphatic rings. The molecule has 5 nitrogen and oxygen atoms in total. The lowest BCUT2D eigenvalue weighted by molar-refractivity contribution is 0.257. The van der Waals surface area contributed by atoms with Gasteiger partial charge in [-0.1, -0.05) is 0 Å². The molecule has 0 saturated heterocycles. The predicted molar refractivity (Wildman–Crippen MR) is 82.6 cm³/mol. The summed E-state index contributed by atoms with van der Waals surface area (Å²) in [7, 11) is 0.